The van der Waals surface area contributed by atoms with Gasteiger partial charge in [-0.3, -0.25) is 0 Å². The minimum absolute atomic E-state index is 0. The first kappa shape index (κ1) is 69.4. The third-order valence-electron chi connectivity index (χ3n) is 19.8. The molecular formula is C120H93Ir4N8S4-6. The van der Waals surface area contributed by atoms with Gasteiger partial charge in [0.05, 0.1) is 15.1 Å². The van der Waals surface area contributed by atoms with E-state index in [1.807, 2.05) is 189 Å². The van der Waals surface area contributed by atoms with Gasteiger partial charge in [0.1, 0.15) is 0 Å². The van der Waals surface area contributed by atoms with Gasteiger partial charge in [-0.2, -0.15) is 50.9 Å². The van der Waals surface area contributed by atoms with Crippen LogP contribution in [-0.2, 0) is 80.4 Å². The first-order chi connectivity index (χ1) is 76.9. The predicted molar refractivity (Wildman–Crippen MR) is 567 cm³/mol. The average Bonchev–Trinajstić information content (AvgIpc) is 1.59. The minimum Gasteiger partial charge on any atom is -0.855 e. The molecule has 12 aromatic carbocycles. The van der Waals surface area contributed by atoms with Crippen molar-refractivity contribution in [3.8, 4) is 56.3 Å². The van der Waals surface area contributed by atoms with E-state index >= 15 is 0 Å². The number of thiophene rings is 4. The third kappa shape index (κ3) is 27.3. The van der Waals surface area contributed by atoms with Crippen LogP contribution in [0, 0.1) is 82.9 Å². The third-order valence-corrected chi connectivity index (χ3v) is 24.6. The molecule has 0 spiro atoms. The largest absolute Gasteiger partial charge is 3.00 e. The summed E-state index contributed by atoms with van der Waals surface area (Å²) in [6.45, 7) is -4.87. The molecule has 10 heterocycles. The van der Waals surface area contributed by atoms with Crippen molar-refractivity contribution >= 4 is 149 Å². The molecule has 1 aliphatic rings. The zero-order valence-corrected chi connectivity index (χ0v) is 85.0. The van der Waals surface area contributed by atoms with Crippen LogP contribution >= 0.6 is 45.3 Å². The summed E-state index contributed by atoms with van der Waals surface area (Å²) in [7, 11) is 0. The molecule has 0 N–H and O–H groups in total. The molecule has 0 unspecified atom stereocenters. The Morgan fingerprint density at radius 2 is 0.897 bits per heavy atom. The van der Waals surface area contributed by atoms with Gasteiger partial charge < -0.3 is 40.3 Å². The Labute approximate surface area is 910 Å². The molecule has 21 aromatic rings. The van der Waals surface area contributed by atoms with Crippen molar-refractivity contribution in [2.45, 2.75) is 67.8 Å². The number of nitrogens with zero attached hydrogens (tertiary/aromatic N) is 8. The number of fused-ring (bicyclic) bond motifs is 12. The second-order valence-corrected chi connectivity index (χ2v) is 33.1. The van der Waals surface area contributed by atoms with E-state index in [4.69, 9.17) is 41.1 Å². The molecule has 0 bridgehead atoms. The molecule has 16 heteroatoms. The van der Waals surface area contributed by atoms with Crippen molar-refractivity contribution in [3.05, 3.63) is 487 Å². The number of hydrogen-bond donors (Lipinski definition) is 0. The van der Waals surface area contributed by atoms with E-state index in [1.54, 1.807) is 81.7 Å². The number of benzene rings is 12. The molecule has 9 aromatic heterocycles. The molecule has 8 nitrogen and oxygen atoms in total. The van der Waals surface area contributed by atoms with E-state index in [2.05, 4.69) is 108 Å². The van der Waals surface area contributed by atoms with Crippen LogP contribution in [0.25, 0.3) is 148 Å². The molecule has 0 saturated heterocycles. The monoisotopic (exact) mass is 2580 g/mol. The SMILES string of the molecule is Cc1ccc(-c2[c-]cccc2)nc1.[2H]C([2H])([2H])C(=C)/C(C)=C\C(=[N-])c1[c-]cc(C([2H])([2H])[2H])cc1.[2H]C([2H])([2H])c1c[c-]c(-c2ccc(C([2H])([2H])[2H])cn2)cc1.[2H]C=C(N=CC(=C[2H])C([2H])([2H])[2H])c1[c-]ccc2c1sc1ccccc12.[2H]c1c(C([2H])([2H])[2H])cnc(-c2[c-]ccc3c2sc2ccccc23)c1[2H].[2H]c1nc(-c2[c-]ccc3c2sc2ccccc23)c([2H])c([2H])c1[2H].[2H]c1nc(-c2[c-]ccc3c2sc2ccccc23)c([2H])c([2H])c1[2H].[Ir+3].[Ir].[Ir].[Ir].[c-]1ccccc1C1=NC=CCC1. The maximum absolute atomic E-state index is 9.94. The molecule has 0 aliphatic carbocycles. The van der Waals surface area contributed by atoms with Crippen molar-refractivity contribution < 1.29 is 122 Å². The summed E-state index contributed by atoms with van der Waals surface area (Å²) in [4.78, 5) is 29.2. The molecule has 3 radical (unpaired) electrons. The summed E-state index contributed by atoms with van der Waals surface area (Å²) >= 11 is 6.33. The van der Waals surface area contributed by atoms with Gasteiger partial charge in [-0.15, -0.1) is 245 Å². The number of aromatic nitrogens is 5. The van der Waals surface area contributed by atoms with Crippen molar-refractivity contribution in [1.82, 2.24) is 24.9 Å². The first-order valence-corrected chi connectivity index (χ1v) is 44.1. The fourth-order valence-corrected chi connectivity index (χ4v) is 18.2. The molecule has 0 atom stereocenters. The Kier molecular flexibility index (Phi) is 26.3. The van der Waals surface area contributed by atoms with E-state index < -0.39 is 41.1 Å². The average molecular weight is 2570 g/mol. The van der Waals surface area contributed by atoms with Crippen LogP contribution in [-0.4, -0.2) is 42.6 Å². The fraction of sp³-hybridized carbons (Fsp3) is 0.0833. The molecule has 0 fully saturated rings. The molecule has 679 valence electrons. The summed E-state index contributed by atoms with van der Waals surface area (Å²) in [6, 6.07) is 101. The predicted octanol–water partition coefficient (Wildman–Crippen LogP) is 32.8. The maximum Gasteiger partial charge on any atom is 3.00 e. The van der Waals surface area contributed by atoms with E-state index in [-0.39, 0.29) is 203 Å². The number of pyridine rings is 5. The zero-order chi connectivity index (χ0) is 117. The smallest absolute Gasteiger partial charge is 0.855 e. The molecule has 22 rings (SSSR count). The van der Waals surface area contributed by atoms with E-state index in [0.717, 1.165) is 135 Å². The van der Waals surface area contributed by atoms with Crippen LogP contribution in [0.5, 0.6) is 0 Å². The van der Waals surface area contributed by atoms with Crippen LogP contribution in [0.2, 0.25) is 0 Å². The quantitative estimate of drug-likeness (QED) is 0.0687. The van der Waals surface area contributed by atoms with E-state index in [9.17, 15) is 5.41 Å². The second kappa shape index (κ2) is 51.5. The summed E-state index contributed by atoms with van der Waals surface area (Å²) in [6.07, 6.45) is 12.3. The second-order valence-electron chi connectivity index (χ2n) is 28.9. The number of allylic oxidation sites excluding steroid dienone is 5. The van der Waals surface area contributed by atoms with Crippen LogP contribution < -0.4 is 0 Å². The normalized spacial score (nSPS) is 15.2. The van der Waals surface area contributed by atoms with Crippen LogP contribution in [0.15, 0.2) is 399 Å². The van der Waals surface area contributed by atoms with Gasteiger partial charge in [0.15, 0.2) is 0 Å². The topological polar surface area (TPSA) is 111 Å². The molecule has 0 amide bonds. The molecule has 136 heavy (non-hydrogen) atoms. The summed E-state index contributed by atoms with van der Waals surface area (Å²) in [5.41, 5.74) is 10.7. The van der Waals surface area contributed by atoms with Crippen LogP contribution in [0.4, 0.5) is 0 Å². The Hall–Kier alpha value is -12.4. The van der Waals surface area contributed by atoms with Gasteiger partial charge in [-0.05, 0) is 193 Å². The minimum atomic E-state index is -2.45. The number of hydrogen-bond acceptors (Lipinski definition) is 11. The van der Waals surface area contributed by atoms with E-state index in [1.165, 1.54) is 67.4 Å². The van der Waals surface area contributed by atoms with Gasteiger partial charge in [0.25, 0.3) is 0 Å². The van der Waals surface area contributed by atoms with Gasteiger partial charge >= 0.3 is 20.1 Å². The summed E-state index contributed by atoms with van der Waals surface area (Å²) in [5.74, 6) is 0. The Balaban J connectivity index is 0.000000179. The van der Waals surface area contributed by atoms with Crippen molar-refractivity contribution in [2.75, 3.05) is 0 Å². The van der Waals surface area contributed by atoms with Gasteiger partial charge in [0, 0.05) is 149 Å². The fourth-order valence-electron chi connectivity index (χ4n) is 13.4. The summed E-state index contributed by atoms with van der Waals surface area (Å²) < 4.78 is 234. The van der Waals surface area contributed by atoms with Gasteiger partial charge in [-0.1, -0.05) is 199 Å². The molecule has 1 aliphatic heterocycles. The van der Waals surface area contributed by atoms with Crippen LogP contribution in [0.3, 0.4) is 0 Å². The zero-order valence-electron chi connectivity index (χ0n) is 102. The molecular weight excluding hydrogens is 2450 g/mol. The van der Waals surface area contributed by atoms with Crippen molar-refractivity contribution in [3.63, 3.8) is 0 Å². The number of aryl methyl sites for hydroxylation is 5. The maximum atomic E-state index is 9.94. The van der Waals surface area contributed by atoms with Gasteiger partial charge in [-0.25, -0.2) is 5.71 Å². The summed E-state index contributed by atoms with van der Waals surface area (Å²) in [5, 5.41) is 18.6. The standard InChI is InChI=1S/C18H12NS.C18H14NS.2C17H10NS.C14H15N.C13H12N.C12H10N.C11H10N.4Ir/c1-12-9-10-16(19-11-12)15-7-4-6-14-13-5-2-3-8-17(13)20-18(14)15;1-12(2)11-19-13(3)14-8-6-9-16-15-7-4-5-10-17(15)20-18(14)16;2*1-2-10-16-12(6-1)13-7-5-8-14(17(13)19-16)15-9-3-4-11-18-15;1-10(2)12(4)9-14(15)13-7-5-11(3)6-8-13;1-10-3-6-12(7-4-10)13-8-5-11(2)9-14-13;1-10-7-8-12(13-9-10)11-5-3-2-4-6-11;1-2-6-10(7-3-1)11-8-4-5-9-12-11;;;;/h2-6,8-11H,1H3;4-7,9-11H,1,3H2,2H3;2*1-7,9-11H;5-7,9H,1H2,2-4H3;3-6,8-9H,1-2H3;2-5,7-9H,1H3;1-3,5-6,9H,4,8H2;;;;/q4*-1;-2;3*-1;;;;+3/b;;;;12-9-;;;;;;;/i1D3,9D,10D;1D,2D3,3D;2*3D,4D,9D,11D;2D3,3D3;1D3,2D3;;;;;;. The van der Waals surface area contributed by atoms with E-state index in [0.29, 0.717) is 44.8 Å². The van der Waals surface area contributed by atoms with Crippen molar-refractivity contribution in [1.29, 1.82) is 0 Å². The number of rotatable bonds is 12. The Bertz CT molecular complexity index is 9010. The first-order valence-electron chi connectivity index (χ1n) is 56.0. The van der Waals surface area contributed by atoms with Gasteiger partial charge in [0.2, 0.25) is 0 Å². The Morgan fingerprint density at radius 1 is 0.434 bits per heavy atom. The Morgan fingerprint density at radius 3 is 1.35 bits per heavy atom. The van der Waals surface area contributed by atoms with Crippen LogP contribution in [0.1, 0.15) is 119 Å². The van der Waals surface area contributed by atoms with Crippen molar-refractivity contribution in [2.24, 2.45) is 9.98 Å². The molecule has 0 saturated carbocycles. The number of aliphatic imine (C=N–C) groups is 2.